The molecule has 0 radical (unpaired) electrons. The zero-order chi connectivity index (χ0) is 19.9. The van der Waals surface area contributed by atoms with Gasteiger partial charge >= 0.3 is 0 Å². The maximum Gasteiger partial charge on any atom is 0.247 e. The Bertz CT molecular complexity index is 870. The number of aromatic nitrogens is 3. The summed E-state index contributed by atoms with van der Waals surface area (Å²) in [6.45, 7) is 3.57. The van der Waals surface area contributed by atoms with E-state index in [4.69, 9.17) is 4.98 Å². The molecule has 1 aliphatic heterocycles. The van der Waals surface area contributed by atoms with Gasteiger partial charge in [-0.1, -0.05) is 0 Å². The van der Waals surface area contributed by atoms with Gasteiger partial charge in [-0.3, -0.25) is 14.7 Å². The van der Waals surface area contributed by atoms with Gasteiger partial charge in [0.15, 0.2) is 11.6 Å². The number of pyridine rings is 1. The van der Waals surface area contributed by atoms with E-state index in [0.29, 0.717) is 35.9 Å². The summed E-state index contributed by atoms with van der Waals surface area (Å²) in [5.74, 6) is 1.09. The van der Waals surface area contributed by atoms with Crippen molar-refractivity contribution in [2.24, 2.45) is 0 Å². The molecule has 0 saturated heterocycles. The lowest BCUT2D eigenvalue weighted by atomic mass is 9.92. The van der Waals surface area contributed by atoms with Crippen LogP contribution in [0.25, 0.3) is 11.3 Å². The number of nitrogens with zero attached hydrogens (tertiary/aromatic N) is 4. The molecular formula is C20H25N5O3. The van der Waals surface area contributed by atoms with E-state index >= 15 is 0 Å². The second-order valence-electron chi connectivity index (χ2n) is 8.00. The van der Waals surface area contributed by atoms with Crippen molar-refractivity contribution in [3.8, 4) is 11.3 Å². The number of amides is 1. The van der Waals surface area contributed by atoms with Crippen LogP contribution in [-0.2, 0) is 10.4 Å². The van der Waals surface area contributed by atoms with Crippen molar-refractivity contribution >= 4 is 17.5 Å². The van der Waals surface area contributed by atoms with Crippen LogP contribution in [0.5, 0.6) is 0 Å². The molecule has 1 amide bonds. The Morgan fingerprint density at radius 3 is 2.54 bits per heavy atom. The smallest absolute Gasteiger partial charge is 0.247 e. The first-order valence-corrected chi connectivity index (χ1v) is 9.63. The Balaban J connectivity index is 1.67. The van der Waals surface area contributed by atoms with Crippen LogP contribution in [0.4, 0.5) is 11.6 Å². The van der Waals surface area contributed by atoms with Gasteiger partial charge in [-0.2, -0.15) is 0 Å². The number of aliphatic hydroxyl groups is 2. The summed E-state index contributed by atoms with van der Waals surface area (Å²) in [6.07, 6.45) is 5.90. The van der Waals surface area contributed by atoms with Crippen molar-refractivity contribution in [3.05, 3.63) is 30.2 Å². The van der Waals surface area contributed by atoms with E-state index in [0.717, 1.165) is 18.4 Å². The number of nitrogens with one attached hydrogen (secondary N) is 1. The van der Waals surface area contributed by atoms with Crippen LogP contribution in [0.2, 0.25) is 0 Å². The van der Waals surface area contributed by atoms with Crippen LogP contribution in [-0.4, -0.2) is 49.8 Å². The first-order valence-electron chi connectivity index (χ1n) is 9.63. The van der Waals surface area contributed by atoms with Crippen molar-refractivity contribution in [2.75, 3.05) is 16.8 Å². The highest BCUT2D eigenvalue weighted by Gasteiger charge is 2.35. The van der Waals surface area contributed by atoms with Crippen molar-refractivity contribution in [3.63, 3.8) is 0 Å². The molecule has 148 valence electrons. The van der Waals surface area contributed by atoms with E-state index in [1.54, 1.807) is 37.2 Å². The molecule has 1 fully saturated rings. The topological polar surface area (TPSA) is 111 Å². The monoisotopic (exact) mass is 388 g/mol. The predicted octanol–water partition coefficient (Wildman–Crippen LogP) is 1.83. The summed E-state index contributed by atoms with van der Waals surface area (Å²) >= 11 is 0. The molecule has 0 unspecified atom stereocenters. The highest BCUT2D eigenvalue weighted by Crippen LogP contribution is 2.34. The molecule has 0 bridgehead atoms. The van der Waals surface area contributed by atoms with Gasteiger partial charge in [0, 0.05) is 17.8 Å². The molecule has 2 aromatic rings. The van der Waals surface area contributed by atoms with Gasteiger partial charge in [0.05, 0.1) is 30.2 Å². The lowest BCUT2D eigenvalue weighted by molar-refractivity contribution is -0.118. The van der Waals surface area contributed by atoms with E-state index < -0.39 is 5.60 Å². The van der Waals surface area contributed by atoms with Gasteiger partial charge < -0.3 is 15.5 Å². The van der Waals surface area contributed by atoms with Gasteiger partial charge in [0.25, 0.3) is 0 Å². The van der Waals surface area contributed by atoms with Crippen LogP contribution >= 0.6 is 0 Å². The minimum atomic E-state index is -1.02. The number of aliphatic hydroxyl groups excluding tert-OH is 1. The van der Waals surface area contributed by atoms with Crippen LogP contribution < -0.4 is 10.2 Å². The SMILES string of the molecule is [13CH3][13C]([13CH3])(O)c1ccc(-c2cnc3c(n2)N([C@H]2CC[C@H](O)CC2)[13C](=O)[13CH2]N3)cn1. The lowest BCUT2D eigenvalue weighted by Crippen LogP contribution is -2.49. The van der Waals surface area contributed by atoms with Crippen molar-refractivity contribution < 1.29 is 15.0 Å². The standard InChI is InChI=1S/C20H25N5O3/c1-20(2,28)16-8-3-12(9-21-16)15-10-22-18-19(24-15)25(17(27)11-23-18)13-4-6-14(26)7-5-13/h3,8-10,13-14,26,28H,4-7,11H2,1-2H3,(H,22,23)/t13-,14-/i1+1,2+1,11+1,17+1,20+1. The predicted molar refractivity (Wildman–Crippen MR) is 105 cm³/mol. The Morgan fingerprint density at radius 2 is 1.89 bits per heavy atom. The fourth-order valence-corrected chi connectivity index (χ4v) is 3.77. The van der Waals surface area contributed by atoms with Crippen molar-refractivity contribution in [1.29, 1.82) is 0 Å². The lowest BCUT2D eigenvalue weighted by Gasteiger charge is -2.38. The highest BCUT2D eigenvalue weighted by molar-refractivity contribution is 6.01. The zero-order valence-electron chi connectivity index (χ0n) is 16.1. The summed E-state index contributed by atoms with van der Waals surface area (Å²) in [5, 5.41) is 22.9. The molecule has 2 aliphatic rings. The summed E-state index contributed by atoms with van der Waals surface area (Å²) in [6, 6.07) is 3.63. The van der Waals surface area contributed by atoms with E-state index in [2.05, 4.69) is 15.3 Å². The summed E-state index contributed by atoms with van der Waals surface area (Å²) in [7, 11) is 0. The first kappa shape index (κ1) is 18.8. The van der Waals surface area contributed by atoms with Gasteiger partial charge in [-0.25, -0.2) is 9.97 Å². The zero-order valence-corrected chi connectivity index (χ0v) is 16.1. The van der Waals surface area contributed by atoms with Crippen LogP contribution in [0.1, 0.15) is 45.2 Å². The van der Waals surface area contributed by atoms with Crippen LogP contribution in [0, 0.1) is 0 Å². The molecule has 2 aromatic heterocycles. The van der Waals surface area contributed by atoms with E-state index in [-0.39, 0.29) is 24.6 Å². The van der Waals surface area contributed by atoms with Crippen LogP contribution in [0.15, 0.2) is 24.5 Å². The quantitative estimate of drug-likeness (QED) is 0.688. The summed E-state index contributed by atoms with van der Waals surface area (Å²) < 4.78 is 0. The molecule has 28 heavy (non-hydrogen) atoms. The third kappa shape index (κ3) is 3.57. The van der Waals surface area contributed by atoms with Crippen molar-refractivity contribution in [1.82, 2.24) is 15.0 Å². The average Bonchev–Trinajstić information content (AvgIpc) is 2.68. The van der Waals surface area contributed by atoms with Crippen molar-refractivity contribution in [2.45, 2.75) is 57.3 Å². The fraction of sp³-hybridized carbons (Fsp3) is 0.500. The minimum Gasteiger partial charge on any atom is -0.393 e. The van der Waals surface area contributed by atoms with Gasteiger partial charge in [-0.15, -0.1) is 0 Å². The molecular weight excluding hydrogens is 363 g/mol. The molecule has 3 N–H and O–H groups in total. The average molecular weight is 388 g/mol. The molecule has 8 heteroatoms. The largest absolute Gasteiger partial charge is 0.393 e. The number of fused-ring (bicyclic) bond motifs is 1. The third-order valence-corrected chi connectivity index (χ3v) is 5.38. The number of hydrogen-bond donors (Lipinski definition) is 3. The molecule has 0 aromatic carbocycles. The summed E-state index contributed by atoms with van der Waals surface area (Å²) in [4.78, 5) is 27.9. The maximum atomic E-state index is 12.6. The summed E-state index contributed by atoms with van der Waals surface area (Å²) in [5.41, 5.74) is 0.936. The molecule has 0 spiro atoms. The Kier molecular flexibility index (Phi) is 4.76. The minimum absolute atomic E-state index is 0.0250. The molecule has 1 aliphatic carbocycles. The van der Waals surface area contributed by atoms with E-state index in [1.165, 1.54) is 0 Å². The number of anilines is 2. The molecule has 8 nitrogen and oxygen atoms in total. The number of rotatable bonds is 3. The number of hydrogen-bond acceptors (Lipinski definition) is 7. The van der Waals surface area contributed by atoms with Gasteiger partial charge in [0.2, 0.25) is 5.91 Å². The normalized spacial score (nSPS) is 22.6. The molecule has 1 saturated carbocycles. The maximum absolute atomic E-state index is 12.6. The Hall–Kier alpha value is -2.58. The second-order valence-corrected chi connectivity index (χ2v) is 8.00. The Morgan fingerprint density at radius 1 is 1.14 bits per heavy atom. The number of carbonyl (C=O) groups excluding carboxylic acids is 1. The van der Waals surface area contributed by atoms with E-state index in [1.807, 2.05) is 6.07 Å². The third-order valence-electron chi connectivity index (χ3n) is 5.38. The fourth-order valence-electron chi connectivity index (χ4n) is 3.77. The second kappa shape index (κ2) is 7.10. The number of carbonyl (C=O) groups is 1. The molecule has 0 atom stereocenters. The molecule has 4 rings (SSSR count). The van der Waals surface area contributed by atoms with Gasteiger partial charge in [0.1, 0.15) is 5.60 Å². The van der Waals surface area contributed by atoms with E-state index in [9.17, 15) is 15.0 Å². The van der Waals surface area contributed by atoms with Crippen LogP contribution in [0.3, 0.4) is 0 Å². The van der Waals surface area contributed by atoms with Gasteiger partial charge in [-0.05, 0) is 51.7 Å². The molecule has 3 heterocycles. The first-order chi connectivity index (χ1) is 13.3. The Labute approximate surface area is 163 Å². The highest BCUT2D eigenvalue weighted by atomic mass is 16.4.